The second kappa shape index (κ2) is 7.83. The fraction of sp³-hybridized carbons (Fsp3) is 0.118. The van der Waals surface area contributed by atoms with Gasteiger partial charge in [-0.3, -0.25) is 14.5 Å². The molecule has 27 heavy (non-hydrogen) atoms. The van der Waals surface area contributed by atoms with Crippen LogP contribution in [-0.2, 0) is 15.8 Å². The van der Waals surface area contributed by atoms with E-state index in [0.29, 0.717) is 4.91 Å². The Balaban J connectivity index is 1.68. The zero-order valence-electron chi connectivity index (χ0n) is 13.4. The van der Waals surface area contributed by atoms with Gasteiger partial charge in [-0.1, -0.05) is 36.1 Å². The maximum Gasteiger partial charge on any atom is 0.416 e. The number of thioether (sulfide) groups is 1. The Morgan fingerprint density at radius 3 is 2.70 bits per heavy atom. The van der Waals surface area contributed by atoms with Crippen LogP contribution in [0.1, 0.15) is 10.4 Å². The van der Waals surface area contributed by atoms with Gasteiger partial charge in [0, 0.05) is 10.6 Å². The highest BCUT2D eigenvalue weighted by molar-refractivity contribution is 8.26. The fourth-order valence-electron chi connectivity index (χ4n) is 2.26. The molecule has 2 heterocycles. The van der Waals surface area contributed by atoms with Crippen LogP contribution < -0.4 is 5.32 Å². The summed E-state index contributed by atoms with van der Waals surface area (Å²) in [7, 11) is 0. The zero-order valence-corrected chi connectivity index (χ0v) is 15.9. The standard InChI is InChI=1S/C17H11F3N2O2S3/c18-17(19,20)10-3-1-4-11(7-10)21-14(23)9-22-15(24)13(27-16(22)25)8-12-5-2-6-26-12/h1-8H,9H2,(H,21,23). The third-order valence-electron chi connectivity index (χ3n) is 3.47. The van der Waals surface area contributed by atoms with Crippen molar-refractivity contribution >= 4 is 63.2 Å². The van der Waals surface area contributed by atoms with E-state index in [0.717, 1.165) is 33.7 Å². The lowest BCUT2D eigenvalue weighted by Gasteiger charge is -2.15. The number of thiocarbonyl (C=S) groups is 1. The van der Waals surface area contributed by atoms with E-state index in [1.165, 1.54) is 23.5 Å². The van der Waals surface area contributed by atoms with Crippen molar-refractivity contribution < 1.29 is 22.8 Å². The number of thiophene rings is 1. The Labute approximate surface area is 166 Å². The van der Waals surface area contributed by atoms with E-state index in [9.17, 15) is 22.8 Å². The van der Waals surface area contributed by atoms with Gasteiger partial charge < -0.3 is 5.32 Å². The first-order chi connectivity index (χ1) is 12.7. The largest absolute Gasteiger partial charge is 0.416 e. The van der Waals surface area contributed by atoms with E-state index in [4.69, 9.17) is 12.2 Å². The summed E-state index contributed by atoms with van der Waals surface area (Å²) in [5.74, 6) is -1.04. The highest BCUT2D eigenvalue weighted by atomic mass is 32.2. The summed E-state index contributed by atoms with van der Waals surface area (Å²) in [5, 5.41) is 4.23. The number of benzene rings is 1. The Morgan fingerprint density at radius 2 is 2.04 bits per heavy atom. The molecule has 1 aromatic carbocycles. The lowest BCUT2D eigenvalue weighted by atomic mass is 10.2. The molecule has 1 fully saturated rings. The molecule has 2 aromatic rings. The number of anilines is 1. The molecule has 1 saturated heterocycles. The first-order valence-corrected chi connectivity index (χ1v) is 9.60. The van der Waals surface area contributed by atoms with E-state index < -0.39 is 23.6 Å². The van der Waals surface area contributed by atoms with Gasteiger partial charge in [-0.05, 0) is 35.7 Å². The number of nitrogens with zero attached hydrogens (tertiary/aromatic N) is 1. The van der Waals surface area contributed by atoms with Gasteiger partial charge in [-0.2, -0.15) is 13.2 Å². The molecule has 4 nitrogen and oxygen atoms in total. The zero-order chi connectivity index (χ0) is 19.6. The predicted molar refractivity (Wildman–Crippen MR) is 104 cm³/mol. The summed E-state index contributed by atoms with van der Waals surface area (Å²) in [4.78, 5) is 27.0. The predicted octanol–water partition coefficient (Wildman–Crippen LogP) is 4.61. The van der Waals surface area contributed by atoms with Gasteiger partial charge in [-0.15, -0.1) is 11.3 Å². The number of carbonyl (C=O) groups is 2. The lowest BCUT2D eigenvalue weighted by Crippen LogP contribution is -2.36. The highest BCUT2D eigenvalue weighted by Crippen LogP contribution is 2.33. The molecule has 0 atom stereocenters. The van der Waals surface area contributed by atoms with E-state index in [-0.39, 0.29) is 16.6 Å². The fourth-order valence-corrected chi connectivity index (χ4v) is 4.23. The number of nitrogens with one attached hydrogen (secondary N) is 1. The van der Waals surface area contributed by atoms with Crippen LogP contribution in [0, 0.1) is 0 Å². The van der Waals surface area contributed by atoms with Crippen LogP contribution in [0.15, 0.2) is 46.7 Å². The Morgan fingerprint density at radius 1 is 1.26 bits per heavy atom. The van der Waals surface area contributed by atoms with Gasteiger partial charge >= 0.3 is 6.18 Å². The molecule has 0 radical (unpaired) electrons. The van der Waals surface area contributed by atoms with Crippen molar-refractivity contribution in [3.63, 3.8) is 0 Å². The molecule has 10 heteroatoms. The SMILES string of the molecule is O=C(CN1C(=O)C(=Cc2cccs2)SC1=S)Nc1cccc(C(F)(F)F)c1. The molecule has 3 rings (SSSR count). The molecule has 0 spiro atoms. The minimum atomic E-state index is -4.51. The summed E-state index contributed by atoms with van der Waals surface area (Å²) >= 11 is 7.68. The molecule has 140 valence electrons. The van der Waals surface area contributed by atoms with Crippen LogP contribution in [0.25, 0.3) is 6.08 Å². The van der Waals surface area contributed by atoms with Crippen LogP contribution in [0.5, 0.6) is 0 Å². The second-order valence-electron chi connectivity index (χ2n) is 5.41. The molecule has 1 aliphatic rings. The summed E-state index contributed by atoms with van der Waals surface area (Å²) in [6, 6.07) is 7.97. The van der Waals surface area contributed by atoms with E-state index in [2.05, 4.69) is 5.32 Å². The summed E-state index contributed by atoms with van der Waals surface area (Å²) < 4.78 is 38.5. The topological polar surface area (TPSA) is 49.4 Å². The Bertz CT molecular complexity index is 924. The smallest absolute Gasteiger partial charge is 0.325 e. The number of alkyl halides is 3. The van der Waals surface area contributed by atoms with Crippen molar-refractivity contribution in [3.8, 4) is 0 Å². The lowest BCUT2D eigenvalue weighted by molar-refractivity contribution is -0.137. The Kier molecular flexibility index (Phi) is 5.68. The van der Waals surface area contributed by atoms with Crippen LogP contribution >= 0.6 is 35.3 Å². The number of hydrogen-bond donors (Lipinski definition) is 1. The minimum Gasteiger partial charge on any atom is -0.325 e. The maximum atomic E-state index is 12.7. The number of rotatable bonds is 4. The van der Waals surface area contributed by atoms with Crippen LogP contribution in [0.4, 0.5) is 18.9 Å². The molecular weight excluding hydrogens is 417 g/mol. The molecule has 1 aliphatic heterocycles. The quantitative estimate of drug-likeness (QED) is 0.571. The molecule has 0 bridgehead atoms. The first-order valence-electron chi connectivity index (χ1n) is 7.50. The molecule has 0 unspecified atom stereocenters. The first kappa shape index (κ1) is 19.6. The van der Waals surface area contributed by atoms with Crippen LogP contribution in [0.3, 0.4) is 0 Å². The number of carbonyl (C=O) groups excluding carboxylic acids is 2. The average Bonchev–Trinajstić information content (AvgIpc) is 3.19. The summed E-state index contributed by atoms with van der Waals surface area (Å²) in [5.41, 5.74) is -0.876. The number of halogens is 3. The third kappa shape index (κ3) is 4.76. The molecule has 1 aromatic heterocycles. The van der Waals surface area contributed by atoms with Gasteiger partial charge in [0.2, 0.25) is 5.91 Å². The van der Waals surface area contributed by atoms with Crippen molar-refractivity contribution in [1.82, 2.24) is 4.90 Å². The number of amides is 2. The van der Waals surface area contributed by atoms with Gasteiger partial charge in [0.05, 0.1) is 10.5 Å². The van der Waals surface area contributed by atoms with Crippen molar-refractivity contribution in [2.75, 3.05) is 11.9 Å². The molecular formula is C17H11F3N2O2S3. The highest BCUT2D eigenvalue weighted by Gasteiger charge is 2.34. The van der Waals surface area contributed by atoms with Crippen LogP contribution in [-0.4, -0.2) is 27.6 Å². The Hall–Kier alpha value is -2.17. The second-order valence-corrected chi connectivity index (χ2v) is 8.07. The van der Waals surface area contributed by atoms with Gasteiger partial charge in [-0.25, -0.2) is 0 Å². The van der Waals surface area contributed by atoms with Crippen molar-refractivity contribution in [2.45, 2.75) is 6.18 Å². The van der Waals surface area contributed by atoms with E-state index in [1.807, 2.05) is 17.5 Å². The van der Waals surface area contributed by atoms with Gasteiger partial charge in [0.25, 0.3) is 5.91 Å². The van der Waals surface area contributed by atoms with Gasteiger partial charge in [0.15, 0.2) is 0 Å². The van der Waals surface area contributed by atoms with Crippen LogP contribution in [0.2, 0.25) is 0 Å². The normalized spacial score (nSPS) is 16.3. The maximum absolute atomic E-state index is 12.7. The monoisotopic (exact) mass is 428 g/mol. The van der Waals surface area contributed by atoms with E-state index in [1.54, 1.807) is 6.08 Å². The average molecular weight is 428 g/mol. The molecule has 2 amide bonds. The molecule has 0 saturated carbocycles. The van der Waals surface area contributed by atoms with E-state index >= 15 is 0 Å². The van der Waals surface area contributed by atoms with Crippen molar-refractivity contribution in [1.29, 1.82) is 0 Å². The van der Waals surface area contributed by atoms with Crippen molar-refractivity contribution in [2.24, 2.45) is 0 Å². The third-order valence-corrected chi connectivity index (χ3v) is 5.66. The van der Waals surface area contributed by atoms with Crippen molar-refractivity contribution in [3.05, 3.63) is 57.1 Å². The van der Waals surface area contributed by atoms with Gasteiger partial charge in [0.1, 0.15) is 10.9 Å². The molecule has 1 N–H and O–H groups in total. The summed E-state index contributed by atoms with van der Waals surface area (Å²) in [6.45, 7) is -0.372. The number of hydrogen-bond acceptors (Lipinski definition) is 5. The molecule has 0 aliphatic carbocycles. The minimum absolute atomic E-state index is 0.00519. The summed E-state index contributed by atoms with van der Waals surface area (Å²) in [6.07, 6.45) is -2.82.